The van der Waals surface area contributed by atoms with Gasteiger partial charge >= 0.3 is 18.2 Å². The third-order valence-electron chi connectivity index (χ3n) is 8.23. The van der Waals surface area contributed by atoms with E-state index in [1.807, 2.05) is 84.9 Å². The van der Waals surface area contributed by atoms with Crippen molar-refractivity contribution in [1.82, 2.24) is 26.3 Å². The van der Waals surface area contributed by atoms with Gasteiger partial charge < -0.3 is 40.5 Å². The zero-order valence-corrected chi connectivity index (χ0v) is 30.6. The van der Waals surface area contributed by atoms with Crippen molar-refractivity contribution in [3.05, 3.63) is 108 Å². The molecule has 1 aromatic heterocycles. The van der Waals surface area contributed by atoms with E-state index in [-0.39, 0.29) is 25.9 Å². The number of H-pyrrole nitrogens is 1. The van der Waals surface area contributed by atoms with Gasteiger partial charge in [-0.3, -0.25) is 9.59 Å². The lowest BCUT2D eigenvalue weighted by Gasteiger charge is -2.26. The summed E-state index contributed by atoms with van der Waals surface area (Å²) < 4.78 is 15.7. The first kappa shape index (κ1) is 39.9. The lowest BCUT2D eigenvalue weighted by Crippen LogP contribution is -2.57. The second-order valence-electron chi connectivity index (χ2n) is 13.6. The normalized spacial score (nSPS) is 12.8. The van der Waals surface area contributed by atoms with Crippen LogP contribution >= 0.6 is 0 Å². The van der Waals surface area contributed by atoms with Gasteiger partial charge in [0.25, 0.3) is 0 Å². The predicted molar refractivity (Wildman–Crippen MR) is 200 cm³/mol. The van der Waals surface area contributed by atoms with Gasteiger partial charge in [0.1, 0.15) is 30.3 Å². The molecule has 4 amide bonds. The number of alkyl carbamates (subject to hydrolysis) is 2. The molecule has 53 heavy (non-hydrogen) atoms. The van der Waals surface area contributed by atoms with E-state index < -0.39 is 53.7 Å². The van der Waals surface area contributed by atoms with Crippen LogP contribution in [0, 0.1) is 0 Å². The maximum atomic E-state index is 14.0. The zero-order chi connectivity index (χ0) is 38.2. The number of ether oxygens (including phenoxy) is 3. The fraction of sp³-hybridized carbons (Fsp3) is 0.375. The van der Waals surface area contributed by atoms with Gasteiger partial charge in [0.05, 0.1) is 7.11 Å². The smallest absolute Gasteiger partial charge is 0.408 e. The van der Waals surface area contributed by atoms with Crippen LogP contribution in [0.2, 0.25) is 0 Å². The number of hydrogen-bond donors (Lipinski definition) is 5. The molecule has 0 bridgehead atoms. The van der Waals surface area contributed by atoms with Crippen molar-refractivity contribution in [2.24, 2.45) is 0 Å². The summed E-state index contributed by atoms with van der Waals surface area (Å²) in [6.07, 6.45) is 1.80. The Kier molecular flexibility index (Phi) is 14.8. The van der Waals surface area contributed by atoms with Gasteiger partial charge in [-0.05, 0) is 62.8 Å². The molecule has 0 aliphatic rings. The zero-order valence-electron chi connectivity index (χ0n) is 30.6. The fourth-order valence-corrected chi connectivity index (χ4v) is 5.61. The number of rotatable bonds is 17. The minimum absolute atomic E-state index is 0.0784. The molecule has 13 heteroatoms. The van der Waals surface area contributed by atoms with E-state index in [1.54, 1.807) is 27.0 Å². The molecule has 3 aromatic carbocycles. The quantitative estimate of drug-likeness (QED) is 0.0568. The van der Waals surface area contributed by atoms with Gasteiger partial charge in [-0.1, -0.05) is 78.9 Å². The van der Waals surface area contributed by atoms with Crippen LogP contribution in [-0.4, -0.2) is 72.3 Å². The summed E-state index contributed by atoms with van der Waals surface area (Å²) in [5.41, 5.74) is 2.46. The SMILES string of the molecule is COC(=O)[C@H](CCCCNC(=O)OCc1ccccc1)NC(=O)[C@@H](Cc1c[nH]c2ccccc12)NC(=O)[C@H](Cc1ccccc1)NC(=O)OC(C)(C)C. The number of carbonyl (C=O) groups excluding carboxylic acids is 5. The highest BCUT2D eigenvalue weighted by Crippen LogP contribution is 2.20. The highest BCUT2D eigenvalue weighted by molar-refractivity contribution is 5.94. The fourth-order valence-electron chi connectivity index (χ4n) is 5.61. The second-order valence-corrected chi connectivity index (χ2v) is 13.6. The molecule has 0 radical (unpaired) electrons. The number of para-hydroxylation sites is 1. The van der Waals surface area contributed by atoms with Gasteiger partial charge in [-0.2, -0.15) is 0 Å². The Hall–Kier alpha value is -5.85. The van der Waals surface area contributed by atoms with E-state index in [1.165, 1.54) is 7.11 Å². The van der Waals surface area contributed by atoms with E-state index in [9.17, 15) is 24.0 Å². The summed E-state index contributed by atoms with van der Waals surface area (Å²) in [4.78, 5) is 68.9. The molecule has 4 rings (SSSR count). The number of nitrogens with one attached hydrogen (secondary N) is 5. The molecule has 0 saturated carbocycles. The Morgan fingerprint density at radius 2 is 1.30 bits per heavy atom. The number of amides is 4. The molecule has 0 saturated heterocycles. The maximum absolute atomic E-state index is 14.0. The summed E-state index contributed by atoms with van der Waals surface area (Å²) >= 11 is 0. The molecule has 0 spiro atoms. The number of unbranched alkanes of at least 4 members (excludes halogenated alkanes) is 1. The van der Waals surface area contributed by atoms with Crippen molar-refractivity contribution < 1.29 is 38.2 Å². The van der Waals surface area contributed by atoms with Crippen molar-refractivity contribution >= 4 is 40.9 Å². The minimum atomic E-state index is -1.14. The number of carbonyl (C=O) groups is 5. The van der Waals surface area contributed by atoms with E-state index in [2.05, 4.69) is 26.3 Å². The van der Waals surface area contributed by atoms with Gasteiger partial charge in [-0.15, -0.1) is 0 Å². The average Bonchev–Trinajstić information content (AvgIpc) is 3.55. The maximum Gasteiger partial charge on any atom is 0.408 e. The van der Waals surface area contributed by atoms with E-state index in [4.69, 9.17) is 14.2 Å². The molecular formula is C40H49N5O8. The summed E-state index contributed by atoms with van der Waals surface area (Å²) in [5, 5.41) is 11.8. The third kappa shape index (κ3) is 13.3. The van der Waals surface area contributed by atoms with Crippen LogP contribution in [0.3, 0.4) is 0 Å². The molecule has 0 aliphatic heterocycles. The third-order valence-corrected chi connectivity index (χ3v) is 8.23. The van der Waals surface area contributed by atoms with Crippen LogP contribution in [0.5, 0.6) is 0 Å². The number of methoxy groups -OCH3 is 1. The topological polar surface area (TPSA) is 177 Å². The molecule has 1 heterocycles. The molecule has 5 N–H and O–H groups in total. The van der Waals surface area contributed by atoms with Crippen molar-refractivity contribution in [2.75, 3.05) is 13.7 Å². The molecule has 282 valence electrons. The molecule has 0 unspecified atom stereocenters. The molecular weight excluding hydrogens is 678 g/mol. The van der Waals surface area contributed by atoms with E-state index in [0.717, 1.165) is 27.6 Å². The van der Waals surface area contributed by atoms with Crippen LogP contribution in [-0.2, 0) is 48.0 Å². The Morgan fingerprint density at radius 3 is 1.96 bits per heavy atom. The van der Waals surface area contributed by atoms with Crippen LogP contribution in [0.1, 0.15) is 56.7 Å². The summed E-state index contributed by atoms with van der Waals surface area (Å²) in [6.45, 7) is 5.59. The molecule has 13 nitrogen and oxygen atoms in total. The number of esters is 1. The first-order valence-electron chi connectivity index (χ1n) is 17.6. The van der Waals surface area contributed by atoms with Crippen molar-refractivity contribution in [3.63, 3.8) is 0 Å². The first-order chi connectivity index (χ1) is 25.4. The number of hydrogen-bond acceptors (Lipinski definition) is 8. The summed E-state index contributed by atoms with van der Waals surface area (Å²) in [5.74, 6) is -1.88. The predicted octanol–water partition coefficient (Wildman–Crippen LogP) is 5.09. The van der Waals surface area contributed by atoms with E-state index in [0.29, 0.717) is 19.4 Å². The Balaban J connectivity index is 1.45. The number of benzene rings is 3. The second kappa shape index (κ2) is 19.7. The van der Waals surface area contributed by atoms with Crippen LogP contribution in [0.15, 0.2) is 91.1 Å². The van der Waals surface area contributed by atoms with Crippen molar-refractivity contribution in [3.8, 4) is 0 Å². The van der Waals surface area contributed by atoms with Crippen LogP contribution in [0.25, 0.3) is 10.9 Å². The summed E-state index contributed by atoms with van der Waals surface area (Å²) in [6, 6.07) is 22.8. The lowest BCUT2D eigenvalue weighted by atomic mass is 10.0. The standard InChI is InChI=1S/C40H49N5O8/c1-40(2,3)53-39(50)45-33(23-27-15-7-5-8-16-27)35(46)44-34(24-29-25-42-31-20-12-11-19-30(29)31)36(47)43-32(37(48)51-4)21-13-14-22-41-38(49)52-26-28-17-9-6-10-18-28/h5-12,15-20,25,32-34,42H,13-14,21-24,26H2,1-4H3,(H,41,49)(H,43,47)(H,44,46)(H,45,50)/t32-,33-,34+/m0/s1. The van der Waals surface area contributed by atoms with Crippen LogP contribution in [0.4, 0.5) is 9.59 Å². The lowest BCUT2D eigenvalue weighted by molar-refractivity contribution is -0.145. The van der Waals surface area contributed by atoms with Gasteiger partial charge in [0.15, 0.2) is 0 Å². The molecule has 4 aromatic rings. The van der Waals surface area contributed by atoms with Crippen molar-refractivity contribution in [1.29, 1.82) is 0 Å². The largest absolute Gasteiger partial charge is 0.467 e. The molecule has 3 atom stereocenters. The Labute approximate surface area is 309 Å². The van der Waals surface area contributed by atoms with Gasteiger partial charge in [0.2, 0.25) is 11.8 Å². The Morgan fingerprint density at radius 1 is 0.698 bits per heavy atom. The first-order valence-corrected chi connectivity index (χ1v) is 17.6. The number of aromatic nitrogens is 1. The number of fused-ring (bicyclic) bond motifs is 1. The van der Waals surface area contributed by atoms with Gasteiger partial charge in [-0.25, -0.2) is 14.4 Å². The summed E-state index contributed by atoms with van der Waals surface area (Å²) in [7, 11) is 1.23. The Bertz CT molecular complexity index is 1810. The highest BCUT2D eigenvalue weighted by Gasteiger charge is 2.31. The molecule has 0 fully saturated rings. The highest BCUT2D eigenvalue weighted by atomic mass is 16.6. The average molecular weight is 728 g/mol. The molecule has 0 aliphatic carbocycles. The minimum Gasteiger partial charge on any atom is -0.467 e. The number of aromatic amines is 1. The van der Waals surface area contributed by atoms with E-state index >= 15 is 0 Å². The monoisotopic (exact) mass is 727 g/mol. The van der Waals surface area contributed by atoms with Gasteiger partial charge in [0, 0.05) is 36.5 Å². The van der Waals surface area contributed by atoms with Crippen molar-refractivity contribution in [2.45, 2.75) is 83.2 Å². The van der Waals surface area contributed by atoms with Crippen LogP contribution < -0.4 is 21.3 Å².